The Bertz CT molecular complexity index is 862. The van der Waals surface area contributed by atoms with Gasteiger partial charge in [0.15, 0.2) is 20.5 Å². The van der Waals surface area contributed by atoms with Crippen molar-refractivity contribution in [2.24, 2.45) is 7.05 Å². The molecule has 3 aromatic rings. The van der Waals surface area contributed by atoms with Crippen LogP contribution in [0.4, 0.5) is 0 Å². The van der Waals surface area contributed by atoms with Crippen molar-refractivity contribution in [1.29, 1.82) is 0 Å². The first-order valence-electron chi connectivity index (χ1n) is 5.48. The molecule has 0 aliphatic carbocycles. The quantitative estimate of drug-likeness (QED) is 0.682. The summed E-state index contributed by atoms with van der Waals surface area (Å²) in [5, 5.41) is 4.07. The van der Waals surface area contributed by atoms with Gasteiger partial charge >= 0.3 is 0 Å². The Morgan fingerprint density at radius 1 is 1.21 bits per heavy atom. The highest BCUT2D eigenvalue weighted by atomic mass is 32.2. The van der Waals surface area contributed by atoms with Crippen LogP contribution in [-0.2, 0) is 16.9 Å². The predicted octanol–water partition coefficient (Wildman–Crippen LogP) is 0.533. The number of hydrogen-bond donors (Lipinski definition) is 0. The van der Waals surface area contributed by atoms with Crippen LogP contribution in [-0.4, -0.2) is 38.8 Å². The fourth-order valence-electron chi connectivity index (χ4n) is 1.92. The van der Waals surface area contributed by atoms with Crippen molar-refractivity contribution in [2.75, 3.05) is 6.26 Å². The molecule has 0 atom stereocenters. The van der Waals surface area contributed by atoms with Crippen LogP contribution in [0.5, 0.6) is 0 Å². The number of fused-ring (bicyclic) bond motifs is 1. The number of rotatable bonds is 2. The lowest BCUT2D eigenvalue weighted by molar-refractivity contribution is 0.598. The topological polar surface area (TPSA) is 82.1 Å². The molecule has 0 radical (unpaired) electrons. The van der Waals surface area contributed by atoms with Gasteiger partial charge in [-0.3, -0.25) is 9.08 Å². The van der Waals surface area contributed by atoms with Gasteiger partial charge in [0.2, 0.25) is 0 Å². The molecule has 0 saturated heterocycles. The Labute approximate surface area is 109 Å². The van der Waals surface area contributed by atoms with E-state index in [-0.39, 0.29) is 5.03 Å². The average molecular weight is 277 g/mol. The molecule has 0 aromatic carbocycles. The Kier molecular flexibility index (Phi) is 2.42. The SMILES string of the molecule is Cn1cc(-c2cnc3c(S(C)(=O)=O)nccn23)cn1. The number of aryl methyl sites for hydroxylation is 1. The van der Waals surface area contributed by atoms with Gasteiger partial charge in [-0.2, -0.15) is 5.10 Å². The lowest BCUT2D eigenvalue weighted by atomic mass is 10.3. The number of aromatic nitrogens is 5. The van der Waals surface area contributed by atoms with E-state index in [1.54, 1.807) is 27.7 Å². The molecule has 3 rings (SSSR count). The van der Waals surface area contributed by atoms with Crippen LogP contribution in [0.3, 0.4) is 0 Å². The summed E-state index contributed by atoms with van der Waals surface area (Å²) in [6.07, 6.45) is 9.40. The average Bonchev–Trinajstić information content (AvgIpc) is 2.92. The van der Waals surface area contributed by atoms with Crippen molar-refractivity contribution in [3.05, 3.63) is 31.0 Å². The van der Waals surface area contributed by atoms with E-state index >= 15 is 0 Å². The lowest BCUT2D eigenvalue weighted by Crippen LogP contribution is -2.04. The molecule has 3 heterocycles. The molecule has 0 saturated carbocycles. The summed E-state index contributed by atoms with van der Waals surface area (Å²) in [5.74, 6) is 0. The molecular weight excluding hydrogens is 266 g/mol. The molecule has 98 valence electrons. The van der Waals surface area contributed by atoms with Gasteiger partial charge in [-0.05, 0) is 0 Å². The molecule has 0 aliphatic rings. The highest BCUT2D eigenvalue weighted by Gasteiger charge is 2.17. The Balaban J connectivity index is 2.31. The second kappa shape index (κ2) is 3.89. The van der Waals surface area contributed by atoms with Crippen LogP contribution in [0.1, 0.15) is 0 Å². The zero-order valence-corrected chi connectivity index (χ0v) is 11.2. The summed E-state index contributed by atoms with van der Waals surface area (Å²) in [5.41, 5.74) is 1.96. The zero-order valence-electron chi connectivity index (χ0n) is 10.3. The molecule has 0 aliphatic heterocycles. The molecule has 8 heteroatoms. The van der Waals surface area contributed by atoms with Gasteiger partial charge in [0.1, 0.15) is 0 Å². The maximum atomic E-state index is 11.7. The van der Waals surface area contributed by atoms with Gasteiger partial charge in [0, 0.05) is 37.5 Å². The van der Waals surface area contributed by atoms with Gasteiger partial charge < -0.3 is 0 Å². The second-order valence-electron chi connectivity index (χ2n) is 4.24. The Hall–Kier alpha value is -2.22. The molecule has 3 aromatic heterocycles. The van der Waals surface area contributed by atoms with Crippen molar-refractivity contribution in [3.63, 3.8) is 0 Å². The molecule has 0 N–H and O–H groups in total. The molecule has 0 unspecified atom stereocenters. The zero-order chi connectivity index (χ0) is 13.6. The highest BCUT2D eigenvalue weighted by Crippen LogP contribution is 2.22. The van der Waals surface area contributed by atoms with E-state index in [0.29, 0.717) is 5.65 Å². The molecule has 0 amide bonds. The minimum absolute atomic E-state index is 0.0230. The third kappa shape index (κ3) is 1.89. The third-order valence-electron chi connectivity index (χ3n) is 2.75. The fraction of sp³-hybridized carbons (Fsp3) is 0.182. The van der Waals surface area contributed by atoms with Crippen molar-refractivity contribution in [2.45, 2.75) is 5.03 Å². The fourth-order valence-corrected chi connectivity index (χ4v) is 2.66. The Morgan fingerprint density at radius 2 is 2.00 bits per heavy atom. The van der Waals surface area contributed by atoms with Crippen LogP contribution < -0.4 is 0 Å². The van der Waals surface area contributed by atoms with Crippen LogP contribution in [0.25, 0.3) is 16.9 Å². The standard InChI is InChI=1S/C11H11N5O2S/c1-15-7-8(5-14-15)9-6-13-10-11(19(2,17)18)12-3-4-16(9)10/h3-7H,1-2H3. The van der Waals surface area contributed by atoms with Crippen LogP contribution in [0, 0.1) is 0 Å². The second-order valence-corrected chi connectivity index (χ2v) is 6.18. The predicted molar refractivity (Wildman–Crippen MR) is 68.3 cm³/mol. The first-order chi connectivity index (χ1) is 8.97. The third-order valence-corrected chi connectivity index (χ3v) is 3.74. The summed E-state index contributed by atoms with van der Waals surface area (Å²) in [6, 6.07) is 0. The molecular formula is C11H11N5O2S. The van der Waals surface area contributed by atoms with E-state index in [0.717, 1.165) is 17.5 Å². The highest BCUT2D eigenvalue weighted by molar-refractivity contribution is 7.90. The first-order valence-corrected chi connectivity index (χ1v) is 7.37. The van der Waals surface area contributed by atoms with Crippen molar-refractivity contribution in [3.8, 4) is 11.3 Å². The summed E-state index contributed by atoms with van der Waals surface area (Å²) in [7, 11) is -1.59. The van der Waals surface area contributed by atoms with E-state index in [9.17, 15) is 8.42 Å². The van der Waals surface area contributed by atoms with E-state index < -0.39 is 9.84 Å². The molecule has 0 spiro atoms. The number of hydrogen-bond acceptors (Lipinski definition) is 5. The number of sulfone groups is 1. The first kappa shape index (κ1) is 11.8. The normalized spacial score (nSPS) is 12.1. The maximum absolute atomic E-state index is 11.7. The summed E-state index contributed by atoms with van der Waals surface area (Å²) >= 11 is 0. The maximum Gasteiger partial charge on any atom is 0.198 e. The smallest absolute Gasteiger partial charge is 0.198 e. The van der Waals surface area contributed by atoms with Crippen LogP contribution in [0.15, 0.2) is 36.0 Å². The molecule has 7 nitrogen and oxygen atoms in total. The van der Waals surface area contributed by atoms with E-state index in [1.165, 1.54) is 6.20 Å². The summed E-state index contributed by atoms with van der Waals surface area (Å²) in [4.78, 5) is 8.05. The minimum Gasteiger partial charge on any atom is -0.296 e. The Morgan fingerprint density at radius 3 is 2.63 bits per heavy atom. The van der Waals surface area contributed by atoms with E-state index in [2.05, 4.69) is 15.1 Å². The van der Waals surface area contributed by atoms with E-state index in [1.807, 2.05) is 13.2 Å². The van der Waals surface area contributed by atoms with Crippen LogP contribution in [0.2, 0.25) is 0 Å². The number of imidazole rings is 1. The van der Waals surface area contributed by atoms with Gasteiger partial charge in [0.25, 0.3) is 0 Å². The lowest BCUT2D eigenvalue weighted by Gasteiger charge is -2.01. The summed E-state index contributed by atoms with van der Waals surface area (Å²) in [6.45, 7) is 0. The molecule has 19 heavy (non-hydrogen) atoms. The van der Waals surface area contributed by atoms with Crippen molar-refractivity contribution < 1.29 is 8.42 Å². The largest absolute Gasteiger partial charge is 0.296 e. The van der Waals surface area contributed by atoms with Gasteiger partial charge in [-0.15, -0.1) is 0 Å². The summed E-state index contributed by atoms with van der Waals surface area (Å²) < 4.78 is 26.7. The minimum atomic E-state index is -3.41. The van der Waals surface area contributed by atoms with Gasteiger partial charge in [-0.1, -0.05) is 0 Å². The van der Waals surface area contributed by atoms with E-state index in [4.69, 9.17) is 0 Å². The molecule has 0 fully saturated rings. The van der Waals surface area contributed by atoms with Crippen LogP contribution >= 0.6 is 0 Å². The van der Waals surface area contributed by atoms with Gasteiger partial charge in [0.05, 0.1) is 18.1 Å². The molecule has 0 bridgehead atoms. The number of nitrogens with zero attached hydrogens (tertiary/aromatic N) is 5. The van der Waals surface area contributed by atoms with Crippen molar-refractivity contribution >= 4 is 15.5 Å². The van der Waals surface area contributed by atoms with Gasteiger partial charge in [-0.25, -0.2) is 18.4 Å². The van der Waals surface area contributed by atoms with Crippen molar-refractivity contribution in [1.82, 2.24) is 24.1 Å². The monoisotopic (exact) mass is 277 g/mol.